The SMILES string of the molecule is CCN(CC)C(=O)C(C)Sc1nc(-c2cccs2)nc2ccccc12. The van der Waals surface area contributed by atoms with Crippen LogP contribution < -0.4 is 0 Å². The summed E-state index contributed by atoms with van der Waals surface area (Å²) in [5.74, 6) is 0.869. The summed E-state index contributed by atoms with van der Waals surface area (Å²) in [5, 5.41) is 3.69. The van der Waals surface area contributed by atoms with Gasteiger partial charge in [0.05, 0.1) is 15.6 Å². The summed E-state index contributed by atoms with van der Waals surface area (Å²) in [6.07, 6.45) is 0. The van der Waals surface area contributed by atoms with Gasteiger partial charge in [-0.15, -0.1) is 11.3 Å². The van der Waals surface area contributed by atoms with Crippen molar-refractivity contribution in [1.29, 1.82) is 0 Å². The Hall–Kier alpha value is -1.92. The van der Waals surface area contributed by atoms with E-state index in [-0.39, 0.29) is 11.2 Å². The minimum absolute atomic E-state index is 0.148. The van der Waals surface area contributed by atoms with Crippen molar-refractivity contribution in [2.45, 2.75) is 31.0 Å². The van der Waals surface area contributed by atoms with Gasteiger partial charge in [-0.25, -0.2) is 9.97 Å². The third-order valence-electron chi connectivity index (χ3n) is 4.02. The number of nitrogens with zero attached hydrogens (tertiary/aromatic N) is 3. The van der Waals surface area contributed by atoms with Crippen molar-refractivity contribution in [2.24, 2.45) is 0 Å². The van der Waals surface area contributed by atoms with Gasteiger partial charge in [0, 0.05) is 18.5 Å². The Morgan fingerprint density at radius 2 is 1.92 bits per heavy atom. The Kier molecular flexibility index (Phi) is 5.71. The Morgan fingerprint density at radius 3 is 2.60 bits per heavy atom. The van der Waals surface area contributed by atoms with E-state index in [1.165, 1.54) is 11.8 Å². The number of amides is 1. The number of hydrogen-bond donors (Lipinski definition) is 0. The Bertz CT molecular complexity index is 860. The largest absolute Gasteiger partial charge is 0.342 e. The van der Waals surface area contributed by atoms with E-state index in [2.05, 4.69) is 4.98 Å². The number of thioether (sulfide) groups is 1. The summed E-state index contributed by atoms with van der Waals surface area (Å²) in [6.45, 7) is 7.42. The van der Waals surface area contributed by atoms with Crippen molar-refractivity contribution in [2.75, 3.05) is 13.1 Å². The zero-order valence-electron chi connectivity index (χ0n) is 14.6. The van der Waals surface area contributed by atoms with Gasteiger partial charge in [-0.3, -0.25) is 4.79 Å². The van der Waals surface area contributed by atoms with Crippen molar-refractivity contribution in [3.8, 4) is 10.7 Å². The Balaban J connectivity index is 1.98. The highest BCUT2D eigenvalue weighted by molar-refractivity contribution is 8.00. The normalized spacial score (nSPS) is 12.3. The first-order chi connectivity index (χ1) is 12.1. The average Bonchev–Trinajstić information content (AvgIpc) is 3.17. The summed E-state index contributed by atoms with van der Waals surface area (Å²) in [7, 11) is 0. The maximum Gasteiger partial charge on any atom is 0.235 e. The first-order valence-electron chi connectivity index (χ1n) is 8.40. The van der Waals surface area contributed by atoms with Crippen LogP contribution in [0.25, 0.3) is 21.6 Å². The molecule has 1 aromatic carbocycles. The van der Waals surface area contributed by atoms with Crippen LogP contribution in [0.15, 0.2) is 46.8 Å². The second-order valence-corrected chi connectivity index (χ2v) is 7.89. The van der Waals surface area contributed by atoms with Gasteiger partial charge in [0.15, 0.2) is 5.82 Å². The standard InChI is InChI=1S/C19H21N3OS2/c1-4-22(5-2)19(23)13(3)25-18-14-9-6-7-10-15(14)20-17(21-18)16-11-8-12-24-16/h6-13H,4-5H2,1-3H3. The molecule has 3 rings (SSSR count). The van der Waals surface area contributed by atoms with Gasteiger partial charge in [0.25, 0.3) is 0 Å². The van der Waals surface area contributed by atoms with E-state index >= 15 is 0 Å². The predicted octanol–water partition coefficient (Wildman–Crippen LogP) is 4.71. The molecular formula is C19H21N3OS2. The lowest BCUT2D eigenvalue weighted by atomic mass is 10.2. The number of hydrogen-bond acceptors (Lipinski definition) is 5. The van der Waals surface area contributed by atoms with E-state index in [9.17, 15) is 4.79 Å². The molecular weight excluding hydrogens is 350 g/mol. The molecule has 1 amide bonds. The molecule has 0 spiro atoms. The van der Waals surface area contributed by atoms with Crippen LogP contribution in [0.4, 0.5) is 0 Å². The smallest absolute Gasteiger partial charge is 0.235 e. The van der Waals surface area contributed by atoms with Crippen LogP contribution in [0.1, 0.15) is 20.8 Å². The molecule has 0 N–H and O–H groups in total. The molecule has 0 aliphatic carbocycles. The number of benzene rings is 1. The van der Waals surface area contributed by atoms with Crippen LogP contribution in [0.5, 0.6) is 0 Å². The molecule has 0 bridgehead atoms. The van der Waals surface area contributed by atoms with Crippen molar-refractivity contribution in [3.05, 3.63) is 41.8 Å². The maximum absolute atomic E-state index is 12.6. The first kappa shape index (κ1) is 17.9. The minimum atomic E-state index is -0.186. The number of para-hydroxylation sites is 1. The molecule has 2 aromatic heterocycles. The van der Waals surface area contributed by atoms with Crippen LogP contribution in [0.3, 0.4) is 0 Å². The summed E-state index contributed by atoms with van der Waals surface area (Å²) >= 11 is 3.14. The quantitative estimate of drug-likeness (QED) is 0.465. The fourth-order valence-corrected chi connectivity index (χ4v) is 4.34. The topological polar surface area (TPSA) is 46.1 Å². The first-order valence-corrected chi connectivity index (χ1v) is 10.2. The number of carbonyl (C=O) groups is 1. The second-order valence-electron chi connectivity index (χ2n) is 5.62. The van der Waals surface area contributed by atoms with Gasteiger partial charge in [-0.2, -0.15) is 0 Å². The van der Waals surface area contributed by atoms with Crippen LogP contribution >= 0.6 is 23.1 Å². The van der Waals surface area contributed by atoms with Crippen LogP contribution in [-0.4, -0.2) is 39.1 Å². The Labute approximate surface area is 156 Å². The lowest BCUT2D eigenvalue weighted by Gasteiger charge is -2.22. The summed E-state index contributed by atoms with van der Waals surface area (Å²) in [5.41, 5.74) is 0.908. The number of thiophene rings is 1. The number of rotatable bonds is 6. The lowest BCUT2D eigenvalue weighted by molar-refractivity contribution is -0.129. The molecule has 0 aliphatic heterocycles. The Morgan fingerprint density at radius 1 is 1.16 bits per heavy atom. The lowest BCUT2D eigenvalue weighted by Crippen LogP contribution is -2.36. The molecule has 0 fully saturated rings. The molecule has 0 saturated carbocycles. The van der Waals surface area contributed by atoms with Crippen molar-refractivity contribution >= 4 is 39.9 Å². The monoisotopic (exact) mass is 371 g/mol. The molecule has 1 atom stereocenters. The highest BCUT2D eigenvalue weighted by atomic mass is 32.2. The van der Waals surface area contributed by atoms with E-state index in [4.69, 9.17) is 4.98 Å². The molecule has 3 aromatic rings. The van der Waals surface area contributed by atoms with Crippen LogP contribution in [-0.2, 0) is 4.79 Å². The van der Waals surface area contributed by atoms with E-state index in [0.29, 0.717) is 0 Å². The zero-order chi connectivity index (χ0) is 17.8. The zero-order valence-corrected chi connectivity index (χ0v) is 16.2. The van der Waals surface area contributed by atoms with E-state index in [1.54, 1.807) is 11.3 Å². The number of aromatic nitrogens is 2. The van der Waals surface area contributed by atoms with Crippen LogP contribution in [0.2, 0.25) is 0 Å². The highest BCUT2D eigenvalue weighted by Crippen LogP contribution is 2.32. The number of fused-ring (bicyclic) bond motifs is 1. The van der Waals surface area contributed by atoms with Gasteiger partial charge in [-0.1, -0.05) is 36.0 Å². The molecule has 130 valence electrons. The molecule has 25 heavy (non-hydrogen) atoms. The summed E-state index contributed by atoms with van der Waals surface area (Å²) < 4.78 is 0. The molecule has 6 heteroatoms. The van der Waals surface area contributed by atoms with E-state index in [1.807, 2.05) is 67.4 Å². The maximum atomic E-state index is 12.6. The van der Waals surface area contributed by atoms with Crippen molar-refractivity contribution in [3.63, 3.8) is 0 Å². The van der Waals surface area contributed by atoms with E-state index in [0.717, 1.165) is 39.7 Å². The fraction of sp³-hybridized carbons (Fsp3) is 0.316. The summed E-state index contributed by atoms with van der Waals surface area (Å²) in [4.78, 5) is 25.0. The van der Waals surface area contributed by atoms with Crippen LogP contribution in [0, 0.1) is 0 Å². The molecule has 1 unspecified atom stereocenters. The van der Waals surface area contributed by atoms with Gasteiger partial charge in [0.1, 0.15) is 5.03 Å². The van der Waals surface area contributed by atoms with Gasteiger partial charge in [0.2, 0.25) is 5.91 Å². The third kappa shape index (κ3) is 3.85. The second kappa shape index (κ2) is 7.97. The number of carbonyl (C=O) groups excluding carboxylic acids is 1. The molecule has 0 radical (unpaired) electrons. The molecule has 2 heterocycles. The van der Waals surface area contributed by atoms with Gasteiger partial charge < -0.3 is 4.90 Å². The molecule has 4 nitrogen and oxygen atoms in total. The molecule has 0 aliphatic rings. The summed E-state index contributed by atoms with van der Waals surface area (Å²) in [6, 6.07) is 12.0. The molecule has 0 saturated heterocycles. The third-order valence-corrected chi connectivity index (χ3v) is 5.98. The minimum Gasteiger partial charge on any atom is -0.342 e. The van der Waals surface area contributed by atoms with Crippen molar-refractivity contribution < 1.29 is 4.79 Å². The average molecular weight is 372 g/mol. The predicted molar refractivity (Wildman–Crippen MR) is 106 cm³/mol. The van der Waals surface area contributed by atoms with Gasteiger partial charge in [-0.05, 0) is 38.3 Å². The van der Waals surface area contributed by atoms with Gasteiger partial charge >= 0.3 is 0 Å². The van der Waals surface area contributed by atoms with Crippen molar-refractivity contribution in [1.82, 2.24) is 14.9 Å². The fourth-order valence-electron chi connectivity index (χ4n) is 2.66. The highest BCUT2D eigenvalue weighted by Gasteiger charge is 2.21. The van der Waals surface area contributed by atoms with E-state index < -0.39 is 0 Å².